The zero-order valence-corrected chi connectivity index (χ0v) is 27.0. The lowest BCUT2D eigenvalue weighted by molar-refractivity contribution is 0.667. The molecule has 0 radical (unpaired) electrons. The summed E-state index contributed by atoms with van der Waals surface area (Å²) in [5.74, 6) is 0.927. The Morgan fingerprint density at radius 3 is 2.04 bits per heavy atom. The van der Waals surface area contributed by atoms with Crippen molar-refractivity contribution in [1.82, 2.24) is 9.55 Å². The standard InChI is InChI=1S/C44H30N2S/c1-44(2)36-26-39-35(25-34(36)32-21-22-33-31-18-10-12-20-40(31)47-43(33)42(32)44)30-17-9-11-19-38(30)46(39)41-24-29(27-13-5-3-6-14-27)23-37(45-41)28-15-7-4-8-16-28/h3-26H,1-2H3. The molecule has 0 atom stereocenters. The molecule has 0 aliphatic heterocycles. The van der Waals surface area contributed by atoms with Crippen LogP contribution < -0.4 is 0 Å². The molecule has 0 saturated carbocycles. The number of nitrogens with zero attached hydrogens (tertiary/aromatic N) is 2. The van der Waals surface area contributed by atoms with E-state index in [1.165, 1.54) is 69.8 Å². The van der Waals surface area contributed by atoms with Crippen LogP contribution >= 0.6 is 11.3 Å². The second-order valence-corrected chi connectivity index (χ2v) is 14.2. The van der Waals surface area contributed by atoms with E-state index >= 15 is 0 Å². The Morgan fingerprint density at radius 2 is 1.23 bits per heavy atom. The molecule has 222 valence electrons. The average molecular weight is 619 g/mol. The number of thiophene rings is 1. The summed E-state index contributed by atoms with van der Waals surface area (Å²) < 4.78 is 5.15. The molecule has 47 heavy (non-hydrogen) atoms. The van der Waals surface area contributed by atoms with Gasteiger partial charge in [-0.25, -0.2) is 4.98 Å². The lowest BCUT2D eigenvalue weighted by Gasteiger charge is -2.22. The zero-order chi connectivity index (χ0) is 31.3. The first-order valence-electron chi connectivity index (χ1n) is 16.2. The number of aromatic nitrogens is 2. The van der Waals surface area contributed by atoms with E-state index < -0.39 is 0 Å². The molecule has 0 fully saturated rings. The topological polar surface area (TPSA) is 17.8 Å². The van der Waals surface area contributed by atoms with Crippen molar-refractivity contribution >= 4 is 53.3 Å². The van der Waals surface area contributed by atoms with Crippen LogP contribution in [0.15, 0.2) is 146 Å². The molecule has 0 unspecified atom stereocenters. The monoisotopic (exact) mass is 618 g/mol. The van der Waals surface area contributed by atoms with Gasteiger partial charge in [0.25, 0.3) is 0 Å². The van der Waals surface area contributed by atoms with Gasteiger partial charge in [-0.3, -0.25) is 4.57 Å². The largest absolute Gasteiger partial charge is 0.294 e. The number of benzene rings is 6. The second-order valence-electron chi connectivity index (χ2n) is 13.2. The van der Waals surface area contributed by atoms with Gasteiger partial charge in [-0.1, -0.05) is 123 Å². The Hall–Kier alpha value is -5.51. The van der Waals surface area contributed by atoms with E-state index in [1.807, 2.05) is 11.3 Å². The van der Waals surface area contributed by atoms with Crippen LogP contribution in [0.5, 0.6) is 0 Å². The van der Waals surface area contributed by atoms with Gasteiger partial charge in [0.15, 0.2) is 0 Å². The average Bonchev–Trinajstić information content (AvgIpc) is 3.73. The predicted molar refractivity (Wildman–Crippen MR) is 200 cm³/mol. The van der Waals surface area contributed by atoms with Gasteiger partial charge in [0.1, 0.15) is 5.82 Å². The normalized spacial score (nSPS) is 13.5. The Bertz CT molecular complexity index is 2640. The molecular formula is C44H30N2S. The third kappa shape index (κ3) is 3.81. The molecule has 3 heterocycles. The Morgan fingerprint density at radius 1 is 0.532 bits per heavy atom. The van der Waals surface area contributed by atoms with Crippen LogP contribution in [0.1, 0.15) is 25.0 Å². The molecule has 3 heteroatoms. The quantitative estimate of drug-likeness (QED) is 0.193. The first kappa shape index (κ1) is 26.7. The van der Waals surface area contributed by atoms with Gasteiger partial charge in [-0.05, 0) is 69.8 Å². The minimum atomic E-state index is -0.158. The van der Waals surface area contributed by atoms with Crippen LogP contribution in [-0.4, -0.2) is 9.55 Å². The Labute approximate surface area is 277 Å². The summed E-state index contributed by atoms with van der Waals surface area (Å²) in [5, 5.41) is 5.21. The highest BCUT2D eigenvalue weighted by Gasteiger charge is 2.38. The molecule has 6 aromatic carbocycles. The fourth-order valence-corrected chi connectivity index (χ4v) is 9.36. The molecule has 0 spiro atoms. The van der Waals surface area contributed by atoms with E-state index in [1.54, 1.807) is 0 Å². The fourth-order valence-electron chi connectivity index (χ4n) is 7.95. The zero-order valence-electron chi connectivity index (χ0n) is 26.2. The summed E-state index contributed by atoms with van der Waals surface area (Å²) in [7, 11) is 0. The summed E-state index contributed by atoms with van der Waals surface area (Å²) in [5.41, 5.74) is 12.1. The summed E-state index contributed by atoms with van der Waals surface area (Å²) in [4.78, 5) is 5.37. The number of para-hydroxylation sites is 1. The first-order valence-corrected chi connectivity index (χ1v) is 17.0. The van der Waals surface area contributed by atoms with Crippen LogP contribution in [0, 0.1) is 0 Å². The van der Waals surface area contributed by atoms with E-state index in [4.69, 9.17) is 4.98 Å². The second kappa shape index (κ2) is 9.75. The summed E-state index contributed by atoms with van der Waals surface area (Å²) in [6, 6.07) is 52.9. The number of pyridine rings is 1. The first-order chi connectivity index (χ1) is 23.1. The van der Waals surface area contributed by atoms with Gasteiger partial charge >= 0.3 is 0 Å². The maximum atomic E-state index is 5.37. The lowest BCUT2D eigenvalue weighted by Crippen LogP contribution is -2.15. The third-order valence-electron chi connectivity index (χ3n) is 10.2. The van der Waals surface area contributed by atoms with E-state index in [0.29, 0.717) is 0 Å². The molecule has 3 aromatic heterocycles. The van der Waals surface area contributed by atoms with Crippen molar-refractivity contribution in [2.75, 3.05) is 0 Å². The predicted octanol–water partition coefficient (Wildman–Crippen LogP) is 12.2. The van der Waals surface area contributed by atoms with Crippen molar-refractivity contribution in [1.29, 1.82) is 0 Å². The molecule has 1 aliphatic rings. The van der Waals surface area contributed by atoms with Crippen molar-refractivity contribution in [3.8, 4) is 39.3 Å². The summed E-state index contributed by atoms with van der Waals surface area (Å²) in [6.07, 6.45) is 0. The van der Waals surface area contributed by atoms with Crippen LogP contribution in [0.25, 0.3) is 81.3 Å². The van der Waals surface area contributed by atoms with Gasteiger partial charge in [0, 0.05) is 41.9 Å². The molecule has 0 N–H and O–H groups in total. The van der Waals surface area contributed by atoms with E-state index in [9.17, 15) is 0 Å². The van der Waals surface area contributed by atoms with E-state index in [0.717, 1.165) is 22.6 Å². The van der Waals surface area contributed by atoms with Gasteiger partial charge in [0.05, 0.1) is 16.7 Å². The summed E-state index contributed by atoms with van der Waals surface area (Å²) >= 11 is 1.93. The number of hydrogen-bond acceptors (Lipinski definition) is 2. The van der Waals surface area contributed by atoms with Crippen molar-refractivity contribution < 1.29 is 0 Å². The minimum Gasteiger partial charge on any atom is -0.294 e. The van der Waals surface area contributed by atoms with Crippen LogP contribution in [-0.2, 0) is 5.41 Å². The van der Waals surface area contributed by atoms with Crippen LogP contribution in [0.2, 0.25) is 0 Å². The molecular weight excluding hydrogens is 589 g/mol. The smallest absolute Gasteiger partial charge is 0.138 e. The fraction of sp³-hybridized carbons (Fsp3) is 0.0682. The third-order valence-corrected chi connectivity index (χ3v) is 11.4. The molecule has 0 saturated heterocycles. The van der Waals surface area contributed by atoms with Crippen molar-refractivity contribution in [2.24, 2.45) is 0 Å². The lowest BCUT2D eigenvalue weighted by atomic mass is 9.82. The molecule has 0 bridgehead atoms. The maximum absolute atomic E-state index is 5.37. The molecule has 0 amide bonds. The van der Waals surface area contributed by atoms with Crippen LogP contribution in [0.3, 0.4) is 0 Å². The molecule has 1 aliphatic carbocycles. The SMILES string of the molecule is CC1(C)c2cc3c(cc2-c2ccc4c(sc5ccccc54)c21)c1ccccc1n3-c1cc(-c2ccccc2)cc(-c2ccccc2)n1. The van der Waals surface area contributed by atoms with Gasteiger partial charge in [0.2, 0.25) is 0 Å². The highest BCUT2D eigenvalue weighted by atomic mass is 32.1. The Balaban J connectivity index is 1.27. The Kier molecular flexibility index (Phi) is 5.53. The van der Waals surface area contributed by atoms with Gasteiger partial charge in [-0.15, -0.1) is 11.3 Å². The van der Waals surface area contributed by atoms with Crippen molar-refractivity contribution in [3.05, 3.63) is 157 Å². The van der Waals surface area contributed by atoms with Crippen molar-refractivity contribution in [2.45, 2.75) is 19.3 Å². The van der Waals surface area contributed by atoms with Gasteiger partial charge in [-0.2, -0.15) is 0 Å². The highest BCUT2D eigenvalue weighted by molar-refractivity contribution is 7.26. The number of fused-ring (bicyclic) bond motifs is 10. The van der Waals surface area contributed by atoms with Gasteiger partial charge < -0.3 is 0 Å². The maximum Gasteiger partial charge on any atom is 0.138 e. The molecule has 10 rings (SSSR count). The molecule has 9 aromatic rings. The summed E-state index contributed by atoms with van der Waals surface area (Å²) in [6.45, 7) is 4.81. The minimum absolute atomic E-state index is 0.158. The molecule has 2 nitrogen and oxygen atoms in total. The van der Waals surface area contributed by atoms with E-state index in [-0.39, 0.29) is 5.41 Å². The number of hydrogen-bond donors (Lipinski definition) is 0. The van der Waals surface area contributed by atoms with Crippen LogP contribution in [0.4, 0.5) is 0 Å². The van der Waals surface area contributed by atoms with E-state index in [2.05, 4.69) is 164 Å². The number of rotatable bonds is 3. The van der Waals surface area contributed by atoms with Crippen molar-refractivity contribution in [3.63, 3.8) is 0 Å². The highest BCUT2D eigenvalue weighted by Crippen LogP contribution is 2.55.